The predicted molar refractivity (Wildman–Crippen MR) is 266 cm³/mol. The van der Waals surface area contributed by atoms with Crippen molar-refractivity contribution in [1.82, 2.24) is 0 Å². The lowest BCUT2D eigenvalue weighted by Crippen LogP contribution is -2.68. The second-order valence-corrected chi connectivity index (χ2v) is 26.3. The fourth-order valence-electron chi connectivity index (χ4n) is 16.4. The fraction of sp³-hybridized carbons (Fsp3) is 0.927. The van der Waals surface area contributed by atoms with E-state index in [0.29, 0.717) is 32.1 Å². The van der Waals surface area contributed by atoms with Crippen LogP contribution in [-0.2, 0) is 52.2 Å². The molecule has 27 atom stereocenters. The van der Waals surface area contributed by atoms with Crippen LogP contribution >= 0.6 is 0 Å². The summed E-state index contributed by atoms with van der Waals surface area (Å²) in [5, 5.41) is 128. The van der Waals surface area contributed by atoms with Gasteiger partial charge in [-0.1, -0.05) is 60.1 Å². The third-order valence-corrected chi connectivity index (χ3v) is 21.3. The first-order valence-corrected chi connectivity index (χ1v) is 28.2. The van der Waals surface area contributed by atoms with E-state index in [1.807, 2.05) is 0 Å². The average molecular weight is 1120 g/mol. The Balaban J connectivity index is 0.983. The van der Waals surface area contributed by atoms with Crippen LogP contribution in [0.15, 0.2) is 11.6 Å². The van der Waals surface area contributed by atoms with E-state index in [4.69, 9.17) is 42.6 Å². The molecule has 0 aromatic carbocycles. The van der Waals surface area contributed by atoms with E-state index in [2.05, 4.69) is 54.5 Å². The lowest BCUT2D eigenvalue weighted by atomic mass is 9.33. The first-order valence-electron chi connectivity index (χ1n) is 28.2. The van der Waals surface area contributed by atoms with Crippen molar-refractivity contribution in [3.63, 3.8) is 0 Å². The van der Waals surface area contributed by atoms with Gasteiger partial charge in [-0.2, -0.15) is 0 Å². The second-order valence-electron chi connectivity index (χ2n) is 26.3. The predicted octanol–water partition coefficient (Wildman–Crippen LogP) is -0.825. The minimum atomic E-state index is -1.96. The van der Waals surface area contributed by atoms with Gasteiger partial charge in [-0.15, -0.1) is 0 Å². The van der Waals surface area contributed by atoms with Crippen LogP contribution in [0.25, 0.3) is 0 Å². The van der Waals surface area contributed by atoms with Crippen molar-refractivity contribution in [3.8, 4) is 0 Å². The molecule has 8 fully saturated rings. The number of ether oxygens (including phenoxy) is 9. The van der Waals surface area contributed by atoms with E-state index >= 15 is 0 Å². The number of aliphatic hydroxyl groups is 12. The van der Waals surface area contributed by atoms with Crippen molar-refractivity contribution in [2.75, 3.05) is 26.4 Å². The van der Waals surface area contributed by atoms with Crippen molar-refractivity contribution >= 4 is 11.9 Å². The molecule has 12 N–H and O–H groups in total. The van der Waals surface area contributed by atoms with Crippen molar-refractivity contribution in [1.29, 1.82) is 0 Å². The van der Waals surface area contributed by atoms with Crippen molar-refractivity contribution in [2.24, 2.45) is 50.2 Å². The molecule has 446 valence electrons. The Morgan fingerprint density at radius 1 is 0.615 bits per heavy atom. The standard InChI is InChI=1S/C55H88O23/c1-9-70-44(68)43-42(76-45-37(64)32(59)26(58)23-71-45)41(75-46-38(65)35(62)33(60)27(21-56)72-46)40(67)48(77-43)74-31-13-14-52(6)29(51(31,4)5)12-15-54(8)30(52)11-10-24-25-20-50(2,3)16-18-55(25,19-17-53(24,54)7)49(69)78-47-39(66)36(63)34(61)28(22-57)73-47/h10,25-43,45-48,56-67H,9,11-23H2,1-8H3/t25-,26+,27-,28-,29-,30-,31+,32+,33-,34-,35+,36+,37-,38-,39-,40-,41-,42+,43+,45-,46+,47+,48-,52+,53-,54-,55+/m1/s1. The molecule has 4 saturated heterocycles. The molecule has 0 spiro atoms. The fourth-order valence-corrected chi connectivity index (χ4v) is 16.4. The number of aliphatic hydroxyl groups excluding tert-OH is 12. The highest BCUT2D eigenvalue weighted by atomic mass is 16.8. The molecule has 23 heteroatoms. The molecule has 0 amide bonds. The molecule has 0 unspecified atom stereocenters. The van der Waals surface area contributed by atoms with Crippen LogP contribution in [0.3, 0.4) is 0 Å². The van der Waals surface area contributed by atoms with E-state index in [-0.39, 0.29) is 46.0 Å². The monoisotopic (exact) mass is 1120 g/mol. The second kappa shape index (κ2) is 22.2. The van der Waals surface area contributed by atoms with E-state index in [1.165, 1.54) is 5.57 Å². The highest BCUT2D eigenvalue weighted by molar-refractivity contribution is 5.79. The number of hydrogen-bond acceptors (Lipinski definition) is 23. The molecule has 0 aromatic rings. The maximum Gasteiger partial charge on any atom is 0.338 e. The number of esters is 2. The molecule has 78 heavy (non-hydrogen) atoms. The summed E-state index contributed by atoms with van der Waals surface area (Å²) < 4.78 is 53.8. The lowest BCUT2D eigenvalue weighted by Gasteiger charge is -2.71. The van der Waals surface area contributed by atoms with Crippen LogP contribution < -0.4 is 0 Å². The number of fused-ring (bicyclic) bond motifs is 7. The Morgan fingerprint density at radius 2 is 1.21 bits per heavy atom. The number of rotatable bonds is 12. The van der Waals surface area contributed by atoms with Crippen LogP contribution in [-0.4, -0.2) is 222 Å². The number of allylic oxidation sites excluding steroid dienone is 2. The molecule has 9 aliphatic rings. The molecular formula is C55H88O23. The van der Waals surface area contributed by atoms with Crippen LogP contribution in [0.2, 0.25) is 0 Å². The maximum atomic E-state index is 14.8. The SMILES string of the molecule is CCOC(=O)[C@H]1O[C@@H](O[C@H]2CC[C@@]3(C)[C@H](CC[C@]4(C)[C@@H]3CC=C3[C@H]5CC(C)(C)CC[C@]5(C(=O)O[C@@H]5O[C@H](CO)[C@@H](O)[C@H](O)[C@H]5O)CC[C@]34C)C2(C)C)[C@H](O)[C@@H](O[C@@H]2O[C@H](CO)[C@@H](O)[C@H](O)[C@H]2O)[C@@H]1O[C@H]1OC[C@H](O)[C@H](O)[C@H]1O. The van der Waals surface area contributed by atoms with Crippen LogP contribution in [0, 0.1) is 50.2 Å². The zero-order valence-electron chi connectivity index (χ0n) is 46.1. The summed E-state index contributed by atoms with van der Waals surface area (Å²) in [5.41, 5.74) is -1.23. The van der Waals surface area contributed by atoms with Gasteiger partial charge in [-0.25, -0.2) is 4.79 Å². The van der Waals surface area contributed by atoms with Crippen LogP contribution in [0.4, 0.5) is 0 Å². The van der Waals surface area contributed by atoms with E-state index in [1.54, 1.807) is 6.92 Å². The number of hydrogen-bond donors (Lipinski definition) is 12. The van der Waals surface area contributed by atoms with Gasteiger partial charge in [0.05, 0.1) is 37.9 Å². The van der Waals surface area contributed by atoms with Crippen molar-refractivity contribution in [2.45, 2.75) is 242 Å². The summed E-state index contributed by atoms with van der Waals surface area (Å²) in [6, 6.07) is 0. The van der Waals surface area contributed by atoms with Gasteiger partial charge >= 0.3 is 11.9 Å². The molecule has 9 rings (SSSR count). The third-order valence-electron chi connectivity index (χ3n) is 21.3. The lowest BCUT2D eigenvalue weighted by molar-refractivity contribution is -0.385. The van der Waals surface area contributed by atoms with Gasteiger partial charge in [0.2, 0.25) is 6.29 Å². The highest BCUT2D eigenvalue weighted by Gasteiger charge is 2.70. The molecule has 23 nitrogen and oxygen atoms in total. The average Bonchev–Trinajstić information content (AvgIpc) is 3.37. The van der Waals surface area contributed by atoms with Gasteiger partial charge in [-0.05, 0) is 116 Å². The highest BCUT2D eigenvalue weighted by Crippen LogP contribution is 2.76. The molecule has 4 aliphatic heterocycles. The Bertz CT molecular complexity index is 2180. The summed E-state index contributed by atoms with van der Waals surface area (Å²) in [6.45, 7) is 15.3. The van der Waals surface area contributed by atoms with Gasteiger partial charge in [0, 0.05) is 0 Å². The number of carbonyl (C=O) groups excluding carboxylic acids is 2. The van der Waals surface area contributed by atoms with Gasteiger partial charge in [0.15, 0.2) is 25.0 Å². The normalized spacial score (nSPS) is 51.8. The van der Waals surface area contributed by atoms with E-state index < -0.39 is 165 Å². The molecule has 0 radical (unpaired) electrons. The van der Waals surface area contributed by atoms with Crippen molar-refractivity contribution in [3.05, 3.63) is 11.6 Å². The smallest absolute Gasteiger partial charge is 0.338 e. The van der Waals surface area contributed by atoms with Crippen LogP contribution in [0.1, 0.15) is 120 Å². The first kappa shape index (κ1) is 60.5. The Morgan fingerprint density at radius 3 is 1.85 bits per heavy atom. The first-order chi connectivity index (χ1) is 36.5. The Hall–Kier alpha value is -2.08. The topological polar surface area (TPSA) is 360 Å². The molecule has 4 saturated carbocycles. The quantitative estimate of drug-likeness (QED) is 0.0645. The third kappa shape index (κ3) is 9.93. The minimum Gasteiger partial charge on any atom is -0.464 e. The summed E-state index contributed by atoms with van der Waals surface area (Å²) in [5.74, 6) is -1.49. The minimum absolute atomic E-state index is 0.0516. The molecular weight excluding hydrogens is 1030 g/mol. The molecule has 0 aromatic heterocycles. The summed E-state index contributed by atoms with van der Waals surface area (Å²) >= 11 is 0. The summed E-state index contributed by atoms with van der Waals surface area (Å²) in [7, 11) is 0. The largest absolute Gasteiger partial charge is 0.464 e. The zero-order valence-corrected chi connectivity index (χ0v) is 46.1. The van der Waals surface area contributed by atoms with Gasteiger partial charge in [0.1, 0.15) is 85.5 Å². The molecule has 0 bridgehead atoms. The summed E-state index contributed by atoms with van der Waals surface area (Å²) in [4.78, 5) is 28.8. The Labute approximate surface area is 455 Å². The van der Waals surface area contributed by atoms with E-state index in [9.17, 15) is 70.9 Å². The zero-order chi connectivity index (χ0) is 57.0. The summed E-state index contributed by atoms with van der Waals surface area (Å²) in [6.07, 6.45) is -23.8. The van der Waals surface area contributed by atoms with Crippen LogP contribution in [0.5, 0.6) is 0 Å². The van der Waals surface area contributed by atoms with Gasteiger partial charge in [0.25, 0.3) is 0 Å². The maximum absolute atomic E-state index is 14.8. The van der Waals surface area contributed by atoms with Gasteiger partial charge < -0.3 is 104 Å². The number of carbonyl (C=O) groups is 2. The van der Waals surface area contributed by atoms with E-state index in [0.717, 1.165) is 32.1 Å². The Kier molecular flexibility index (Phi) is 17.2. The molecule has 4 heterocycles. The molecule has 5 aliphatic carbocycles. The van der Waals surface area contributed by atoms with Gasteiger partial charge in [-0.3, -0.25) is 4.79 Å². The van der Waals surface area contributed by atoms with Crippen molar-refractivity contribution < 1.29 is 113 Å².